The van der Waals surface area contributed by atoms with Gasteiger partial charge in [-0.05, 0) is 49.9 Å². The molecule has 1 saturated carbocycles. The summed E-state index contributed by atoms with van der Waals surface area (Å²) in [5.74, 6) is 0.447. The number of benzene rings is 1. The second-order valence-corrected chi connectivity index (χ2v) is 6.77. The van der Waals surface area contributed by atoms with Crippen LogP contribution in [0.1, 0.15) is 36.8 Å². The van der Waals surface area contributed by atoms with Crippen LogP contribution in [0.5, 0.6) is 5.88 Å². The van der Waals surface area contributed by atoms with Crippen LogP contribution in [0.4, 0.5) is 23.7 Å². The number of urea groups is 1. The number of hydrogen-bond donors (Lipinski definition) is 2. The smallest absolute Gasteiger partial charge is 0.416 e. The first kappa shape index (κ1) is 20.5. The van der Waals surface area contributed by atoms with Gasteiger partial charge in [0.2, 0.25) is 5.88 Å². The summed E-state index contributed by atoms with van der Waals surface area (Å²) < 4.78 is 44.0. The van der Waals surface area contributed by atoms with Crippen LogP contribution in [0.3, 0.4) is 0 Å². The van der Waals surface area contributed by atoms with E-state index in [4.69, 9.17) is 10.00 Å². The fourth-order valence-electron chi connectivity index (χ4n) is 3.14. The van der Waals surface area contributed by atoms with Crippen molar-refractivity contribution in [1.29, 1.82) is 5.26 Å². The van der Waals surface area contributed by atoms with Gasteiger partial charge in [-0.3, -0.25) is 0 Å². The van der Waals surface area contributed by atoms with Crippen molar-refractivity contribution in [2.45, 2.75) is 44.0 Å². The van der Waals surface area contributed by atoms with Crippen LogP contribution >= 0.6 is 0 Å². The minimum atomic E-state index is -4.46. The molecule has 0 spiro atoms. The first-order valence-corrected chi connectivity index (χ1v) is 9.11. The van der Waals surface area contributed by atoms with Gasteiger partial charge in [0, 0.05) is 24.0 Å². The third kappa shape index (κ3) is 5.85. The van der Waals surface area contributed by atoms with Crippen molar-refractivity contribution in [1.82, 2.24) is 10.3 Å². The first-order chi connectivity index (χ1) is 13.8. The number of alkyl halides is 3. The summed E-state index contributed by atoms with van der Waals surface area (Å²) in [6, 6.07) is 9.14. The Bertz CT molecular complexity index is 886. The summed E-state index contributed by atoms with van der Waals surface area (Å²) in [7, 11) is 0. The molecule has 1 aliphatic rings. The van der Waals surface area contributed by atoms with E-state index < -0.39 is 17.8 Å². The van der Waals surface area contributed by atoms with Gasteiger partial charge in [0.1, 0.15) is 12.2 Å². The topological polar surface area (TPSA) is 87.0 Å². The highest BCUT2D eigenvalue weighted by molar-refractivity contribution is 5.89. The van der Waals surface area contributed by atoms with Crippen LogP contribution < -0.4 is 15.4 Å². The maximum atomic E-state index is 12.7. The number of carbonyl (C=O) groups is 1. The maximum absolute atomic E-state index is 12.7. The summed E-state index contributed by atoms with van der Waals surface area (Å²) in [5, 5.41) is 14.0. The van der Waals surface area contributed by atoms with E-state index in [2.05, 4.69) is 15.6 Å². The lowest BCUT2D eigenvalue weighted by molar-refractivity contribution is -0.137. The molecule has 0 bridgehead atoms. The van der Waals surface area contributed by atoms with Crippen molar-refractivity contribution in [3.63, 3.8) is 0 Å². The molecule has 2 amide bonds. The molecule has 6 nitrogen and oxygen atoms in total. The Morgan fingerprint density at radius 1 is 1.17 bits per heavy atom. The normalized spacial score (nSPS) is 19.1. The minimum Gasteiger partial charge on any atom is -0.474 e. The van der Waals surface area contributed by atoms with Crippen LogP contribution in [-0.4, -0.2) is 23.2 Å². The average Bonchev–Trinajstić information content (AvgIpc) is 2.69. The molecule has 29 heavy (non-hydrogen) atoms. The zero-order valence-corrected chi connectivity index (χ0v) is 15.4. The second kappa shape index (κ2) is 8.82. The van der Waals surface area contributed by atoms with Crippen LogP contribution in [0.2, 0.25) is 0 Å². The lowest BCUT2D eigenvalue weighted by atomic mass is 9.93. The Morgan fingerprint density at radius 3 is 2.55 bits per heavy atom. The largest absolute Gasteiger partial charge is 0.474 e. The second-order valence-electron chi connectivity index (χ2n) is 6.77. The summed E-state index contributed by atoms with van der Waals surface area (Å²) >= 11 is 0. The van der Waals surface area contributed by atoms with Crippen molar-refractivity contribution < 1.29 is 22.7 Å². The Kier molecular flexibility index (Phi) is 6.22. The van der Waals surface area contributed by atoms with E-state index in [0.29, 0.717) is 37.1 Å². The molecule has 1 fully saturated rings. The quantitative estimate of drug-likeness (QED) is 0.786. The minimum absolute atomic E-state index is 0.0417. The zero-order valence-electron chi connectivity index (χ0n) is 15.4. The van der Waals surface area contributed by atoms with Crippen molar-refractivity contribution in [3.05, 3.63) is 53.7 Å². The summed E-state index contributed by atoms with van der Waals surface area (Å²) in [4.78, 5) is 16.2. The molecule has 9 heteroatoms. The number of rotatable bonds is 4. The molecule has 1 aliphatic carbocycles. The van der Waals surface area contributed by atoms with Crippen LogP contribution in [0.25, 0.3) is 0 Å². The fraction of sp³-hybridized carbons (Fsp3) is 0.350. The van der Waals surface area contributed by atoms with E-state index in [1.54, 1.807) is 12.1 Å². The molecule has 0 unspecified atom stereocenters. The molecular weight excluding hydrogens is 385 g/mol. The van der Waals surface area contributed by atoms with Crippen molar-refractivity contribution in [2.24, 2.45) is 0 Å². The van der Waals surface area contributed by atoms with Gasteiger partial charge in [0.15, 0.2) is 0 Å². The van der Waals surface area contributed by atoms with Crippen LogP contribution in [-0.2, 0) is 6.18 Å². The van der Waals surface area contributed by atoms with Crippen LogP contribution in [0, 0.1) is 11.3 Å². The predicted octanol–water partition coefficient (Wildman–Crippen LogP) is 4.48. The number of anilines is 1. The molecule has 2 N–H and O–H groups in total. The number of halogens is 3. The van der Waals surface area contributed by atoms with Gasteiger partial charge in [0.25, 0.3) is 0 Å². The van der Waals surface area contributed by atoms with E-state index >= 15 is 0 Å². The number of nitrogens with zero attached hydrogens (tertiary/aromatic N) is 2. The lowest BCUT2D eigenvalue weighted by Gasteiger charge is -2.29. The van der Waals surface area contributed by atoms with E-state index in [9.17, 15) is 18.0 Å². The molecule has 152 valence electrons. The molecule has 2 aromatic rings. The molecule has 1 heterocycles. The molecule has 3 rings (SSSR count). The van der Waals surface area contributed by atoms with Gasteiger partial charge in [-0.25, -0.2) is 9.78 Å². The van der Waals surface area contributed by atoms with Gasteiger partial charge in [-0.15, -0.1) is 0 Å². The molecule has 0 radical (unpaired) electrons. The maximum Gasteiger partial charge on any atom is 0.416 e. The number of amides is 2. The number of nitriles is 1. The van der Waals surface area contributed by atoms with Crippen molar-refractivity contribution in [2.75, 3.05) is 5.32 Å². The Labute approximate surface area is 165 Å². The highest BCUT2D eigenvalue weighted by Crippen LogP contribution is 2.30. The third-order valence-corrected chi connectivity index (χ3v) is 4.61. The Morgan fingerprint density at radius 2 is 1.93 bits per heavy atom. The van der Waals surface area contributed by atoms with E-state index in [1.807, 2.05) is 6.07 Å². The molecular formula is C20H19F3N4O2. The molecule has 0 saturated heterocycles. The van der Waals surface area contributed by atoms with Crippen molar-refractivity contribution in [3.8, 4) is 11.9 Å². The highest BCUT2D eigenvalue weighted by Gasteiger charge is 2.30. The molecule has 1 aromatic carbocycles. The van der Waals surface area contributed by atoms with E-state index in [0.717, 1.165) is 12.1 Å². The fourth-order valence-corrected chi connectivity index (χ4v) is 3.14. The monoisotopic (exact) mass is 404 g/mol. The number of nitrogens with one attached hydrogen (secondary N) is 2. The van der Waals surface area contributed by atoms with Gasteiger partial charge in [0.05, 0.1) is 11.1 Å². The van der Waals surface area contributed by atoms with Crippen molar-refractivity contribution >= 4 is 11.7 Å². The van der Waals surface area contributed by atoms with E-state index in [-0.39, 0.29) is 17.8 Å². The third-order valence-electron chi connectivity index (χ3n) is 4.61. The summed E-state index contributed by atoms with van der Waals surface area (Å²) in [6.45, 7) is 0. The number of pyridine rings is 1. The summed E-state index contributed by atoms with van der Waals surface area (Å²) in [5.41, 5.74) is -0.275. The SMILES string of the molecule is N#Cc1ccc(OC2CCC(NC(=O)Nc3cccc(C(F)(F)F)c3)CC2)nc1. The predicted molar refractivity (Wildman–Crippen MR) is 99.2 cm³/mol. The molecule has 1 aromatic heterocycles. The van der Waals surface area contributed by atoms with Gasteiger partial charge >= 0.3 is 12.2 Å². The number of hydrogen-bond acceptors (Lipinski definition) is 4. The van der Waals surface area contributed by atoms with Gasteiger partial charge in [-0.2, -0.15) is 18.4 Å². The van der Waals surface area contributed by atoms with E-state index in [1.165, 1.54) is 18.3 Å². The Balaban J connectivity index is 1.45. The number of ether oxygens (including phenoxy) is 1. The summed E-state index contributed by atoms with van der Waals surface area (Å²) in [6.07, 6.45) is -0.294. The first-order valence-electron chi connectivity index (χ1n) is 9.11. The van der Waals surface area contributed by atoms with Gasteiger partial charge in [-0.1, -0.05) is 6.07 Å². The van der Waals surface area contributed by atoms with Gasteiger partial charge < -0.3 is 15.4 Å². The lowest BCUT2D eigenvalue weighted by Crippen LogP contribution is -2.41. The molecule has 0 atom stereocenters. The standard InChI is InChI=1S/C20H19F3N4O2/c21-20(22,23)14-2-1-3-16(10-14)27-19(28)26-15-5-7-17(8-6-15)29-18-9-4-13(11-24)12-25-18/h1-4,9-10,12,15,17H,5-8H2,(H2,26,27,28). The van der Waals surface area contributed by atoms with Crippen LogP contribution in [0.15, 0.2) is 42.6 Å². The number of carbonyl (C=O) groups excluding carboxylic acids is 1. The average molecular weight is 404 g/mol. The highest BCUT2D eigenvalue weighted by atomic mass is 19.4. The molecule has 0 aliphatic heterocycles. The Hall–Kier alpha value is -3.28. The zero-order chi connectivity index (χ0) is 20.9. The number of aromatic nitrogens is 1.